The smallest absolute Gasteiger partial charge is 0.411 e. The molecule has 0 aliphatic carbocycles. The zero-order valence-corrected chi connectivity index (χ0v) is 12.1. The third kappa shape index (κ3) is 3.38. The van der Waals surface area contributed by atoms with Crippen molar-refractivity contribution in [1.29, 1.82) is 0 Å². The fourth-order valence-electron chi connectivity index (χ4n) is 2.02. The van der Waals surface area contributed by atoms with Crippen LogP contribution in [0.1, 0.15) is 26.7 Å². The highest BCUT2D eigenvalue weighted by molar-refractivity contribution is 5.87. The van der Waals surface area contributed by atoms with Gasteiger partial charge >= 0.3 is 12.1 Å². The number of carbonyl (C=O) groups is 3. The quantitative estimate of drug-likeness (QED) is 0.755. The molecule has 114 valence electrons. The van der Waals surface area contributed by atoms with Gasteiger partial charge in [-0.1, -0.05) is 0 Å². The number of likely N-dealkylation sites (tertiary alicyclic amines) is 1. The molecule has 1 N–H and O–H groups in total. The van der Waals surface area contributed by atoms with Crippen LogP contribution in [0.2, 0.25) is 0 Å². The van der Waals surface area contributed by atoms with E-state index in [1.807, 2.05) is 0 Å². The van der Waals surface area contributed by atoms with Crippen LogP contribution in [0.25, 0.3) is 0 Å². The topological polar surface area (TPSA) is 96.4 Å². The first-order valence-electron chi connectivity index (χ1n) is 6.25. The highest BCUT2D eigenvalue weighted by atomic mass is 16.7. The summed E-state index contributed by atoms with van der Waals surface area (Å²) in [7, 11) is 2.71. The first-order valence-corrected chi connectivity index (χ1v) is 6.25. The number of rotatable bonds is 4. The molecular formula is C12H20N2O6. The van der Waals surface area contributed by atoms with E-state index in [1.54, 1.807) is 0 Å². The fourth-order valence-corrected chi connectivity index (χ4v) is 2.02. The molecule has 1 atom stereocenters. The van der Waals surface area contributed by atoms with Crippen molar-refractivity contribution >= 4 is 18.0 Å². The Morgan fingerprint density at radius 2 is 1.95 bits per heavy atom. The van der Waals surface area contributed by atoms with Crippen molar-refractivity contribution in [3.63, 3.8) is 0 Å². The maximum Gasteiger partial charge on any atom is 0.411 e. The standard InChI is InChI=1S/C12H20N2O6/c1-12(2,10(17)13(3)19-4)20-11(18)14-7-5-6-8(14)9(15)16/h8H,5-7H2,1-4H3,(H,15,16)/t8-/m0/s1. The van der Waals surface area contributed by atoms with Gasteiger partial charge in [0.2, 0.25) is 0 Å². The van der Waals surface area contributed by atoms with E-state index in [9.17, 15) is 14.4 Å². The maximum absolute atomic E-state index is 12.0. The van der Waals surface area contributed by atoms with Crippen LogP contribution in [0.3, 0.4) is 0 Å². The average Bonchev–Trinajstić information content (AvgIpc) is 2.85. The van der Waals surface area contributed by atoms with E-state index >= 15 is 0 Å². The van der Waals surface area contributed by atoms with Crippen LogP contribution < -0.4 is 0 Å². The Kier molecular flexibility index (Phi) is 4.93. The molecule has 0 aromatic heterocycles. The molecule has 0 aromatic rings. The molecule has 0 radical (unpaired) electrons. The molecule has 1 aliphatic rings. The Morgan fingerprint density at radius 3 is 2.45 bits per heavy atom. The van der Waals surface area contributed by atoms with Gasteiger partial charge < -0.3 is 9.84 Å². The van der Waals surface area contributed by atoms with Crippen molar-refractivity contribution in [3.8, 4) is 0 Å². The zero-order valence-electron chi connectivity index (χ0n) is 12.1. The Balaban J connectivity index is 2.74. The van der Waals surface area contributed by atoms with Crippen LogP contribution in [-0.4, -0.2) is 65.4 Å². The lowest BCUT2D eigenvalue weighted by Gasteiger charge is -2.30. The predicted octanol–water partition coefficient (Wildman–Crippen LogP) is 0.470. The minimum atomic E-state index is -1.44. The molecular weight excluding hydrogens is 268 g/mol. The van der Waals surface area contributed by atoms with E-state index in [4.69, 9.17) is 14.7 Å². The lowest BCUT2D eigenvalue weighted by atomic mass is 10.1. The second-order valence-electron chi connectivity index (χ2n) is 5.05. The van der Waals surface area contributed by atoms with E-state index in [-0.39, 0.29) is 0 Å². The molecule has 1 saturated heterocycles. The van der Waals surface area contributed by atoms with E-state index in [0.717, 1.165) is 9.96 Å². The molecule has 1 rings (SSSR count). The summed E-state index contributed by atoms with van der Waals surface area (Å²) in [5.41, 5.74) is -1.44. The zero-order chi connectivity index (χ0) is 15.5. The largest absolute Gasteiger partial charge is 0.480 e. The van der Waals surface area contributed by atoms with Gasteiger partial charge in [0.25, 0.3) is 5.91 Å². The Morgan fingerprint density at radius 1 is 1.35 bits per heavy atom. The Bertz CT molecular complexity index is 409. The third-order valence-electron chi connectivity index (χ3n) is 3.19. The predicted molar refractivity (Wildman–Crippen MR) is 67.7 cm³/mol. The molecule has 8 nitrogen and oxygen atoms in total. The van der Waals surface area contributed by atoms with Gasteiger partial charge in [0.05, 0.1) is 7.11 Å². The normalized spacial score (nSPS) is 18.8. The summed E-state index contributed by atoms with van der Waals surface area (Å²) in [6.07, 6.45) is 0.174. The second kappa shape index (κ2) is 6.08. The van der Waals surface area contributed by atoms with Crippen LogP contribution in [-0.2, 0) is 19.2 Å². The van der Waals surface area contributed by atoms with Crippen LogP contribution in [0.4, 0.5) is 4.79 Å². The van der Waals surface area contributed by atoms with E-state index in [1.165, 1.54) is 28.0 Å². The third-order valence-corrected chi connectivity index (χ3v) is 3.19. The van der Waals surface area contributed by atoms with Crippen molar-refractivity contribution in [1.82, 2.24) is 9.96 Å². The highest BCUT2D eigenvalue weighted by Gasteiger charge is 2.40. The summed E-state index contributed by atoms with van der Waals surface area (Å²) in [5, 5.41) is 9.97. The molecule has 1 fully saturated rings. The van der Waals surface area contributed by atoms with Crippen LogP contribution in [0, 0.1) is 0 Å². The van der Waals surface area contributed by atoms with Crippen molar-refractivity contribution in [2.45, 2.75) is 38.3 Å². The van der Waals surface area contributed by atoms with Crippen molar-refractivity contribution in [2.75, 3.05) is 20.7 Å². The number of nitrogens with zero attached hydrogens (tertiary/aromatic N) is 2. The number of hydrogen-bond donors (Lipinski definition) is 1. The lowest BCUT2D eigenvalue weighted by Crippen LogP contribution is -2.50. The molecule has 0 bridgehead atoms. The lowest BCUT2D eigenvalue weighted by molar-refractivity contribution is -0.186. The number of carboxylic acids is 1. The Hall–Kier alpha value is -1.83. The molecule has 0 aromatic carbocycles. The summed E-state index contributed by atoms with van der Waals surface area (Å²) in [6, 6.07) is -0.895. The second-order valence-corrected chi connectivity index (χ2v) is 5.05. The summed E-state index contributed by atoms with van der Waals surface area (Å²) < 4.78 is 5.14. The first kappa shape index (κ1) is 16.2. The van der Waals surface area contributed by atoms with E-state index < -0.39 is 29.6 Å². The number of carbonyl (C=O) groups excluding carboxylic acids is 2. The molecule has 0 unspecified atom stereocenters. The van der Waals surface area contributed by atoms with Gasteiger partial charge in [-0.3, -0.25) is 14.5 Å². The maximum atomic E-state index is 12.0. The van der Waals surface area contributed by atoms with Crippen LogP contribution in [0.5, 0.6) is 0 Å². The van der Waals surface area contributed by atoms with Gasteiger partial charge in [0.15, 0.2) is 5.60 Å². The van der Waals surface area contributed by atoms with E-state index in [2.05, 4.69) is 0 Å². The number of hydroxylamine groups is 2. The van der Waals surface area contributed by atoms with Gasteiger partial charge in [-0.05, 0) is 26.7 Å². The number of amides is 2. The molecule has 0 saturated carbocycles. The summed E-state index contributed by atoms with van der Waals surface area (Å²) in [6.45, 7) is 3.16. The minimum Gasteiger partial charge on any atom is -0.480 e. The van der Waals surface area contributed by atoms with Gasteiger partial charge in [-0.25, -0.2) is 14.7 Å². The van der Waals surface area contributed by atoms with Gasteiger partial charge in [0.1, 0.15) is 6.04 Å². The molecule has 0 spiro atoms. The van der Waals surface area contributed by atoms with Crippen LogP contribution in [0.15, 0.2) is 0 Å². The highest BCUT2D eigenvalue weighted by Crippen LogP contribution is 2.22. The minimum absolute atomic E-state index is 0.306. The van der Waals surface area contributed by atoms with Crippen molar-refractivity contribution < 1.29 is 29.1 Å². The van der Waals surface area contributed by atoms with E-state index in [0.29, 0.717) is 19.4 Å². The van der Waals surface area contributed by atoms with Crippen molar-refractivity contribution in [2.24, 2.45) is 0 Å². The Labute approximate surface area is 117 Å². The van der Waals surface area contributed by atoms with Gasteiger partial charge in [-0.2, -0.15) is 0 Å². The van der Waals surface area contributed by atoms with Gasteiger partial charge in [0, 0.05) is 13.6 Å². The molecule has 1 aliphatic heterocycles. The SMILES string of the molecule is CON(C)C(=O)C(C)(C)OC(=O)N1CCC[C@H]1C(=O)O. The molecule has 20 heavy (non-hydrogen) atoms. The van der Waals surface area contributed by atoms with Crippen LogP contribution >= 0.6 is 0 Å². The first-order chi connectivity index (χ1) is 9.20. The average molecular weight is 288 g/mol. The number of hydrogen-bond acceptors (Lipinski definition) is 5. The number of ether oxygens (including phenoxy) is 1. The molecule has 1 heterocycles. The summed E-state index contributed by atoms with van der Waals surface area (Å²) in [4.78, 5) is 40.9. The monoisotopic (exact) mass is 288 g/mol. The number of carboxylic acid groups (broad SMARTS) is 1. The molecule has 8 heteroatoms. The number of likely N-dealkylation sites (N-methyl/N-ethyl adjacent to an activating group) is 1. The summed E-state index contributed by atoms with van der Waals surface area (Å²) >= 11 is 0. The van der Waals surface area contributed by atoms with Gasteiger partial charge in [-0.15, -0.1) is 0 Å². The fraction of sp³-hybridized carbons (Fsp3) is 0.750. The van der Waals surface area contributed by atoms with Crippen molar-refractivity contribution in [3.05, 3.63) is 0 Å². The molecule has 2 amide bonds. The summed E-state index contributed by atoms with van der Waals surface area (Å²) in [5.74, 6) is -1.61. The number of aliphatic carboxylic acids is 1.